The second kappa shape index (κ2) is 5.19. The molecule has 0 heterocycles. The Labute approximate surface area is 134 Å². The van der Waals surface area contributed by atoms with Gasteiger partial charge in [0.1, 0.15) is 0 Å². The van der Waals surface area contributed by atoms with E-state index in [0.717, 1.165) is 17.7 Å². The molecule has 0 bridgehead atoms. The Morgan fingerprint density at radius 3 is 2.63 bits per heavy atom. The van der Waals surface area contributed by atoms with Gasteiger partial charge in [-0.3, -0.25) is 4.79 Å². The van der Waals surface area contributed by atoms with Crippen molar-refractivity contribution in [1.29, 1.82) is 0 Å². The lowest BCUT2D eigenvalue weighted by atomic mass is 10.1. The van der Waals surface area contributed by atoms with Gasteiger partial charge < -0.3 is 0 Å². The number of benzene rings is 1. The van der Waals surface area contributed by atoms with Crippen molar-refractivity contribution in [2.45, 2.75) is 23.5 Å². The average Bonchev–Trinajstić information content (AvgIpc) is 2.86. The Kier molecular flexibility index (Phi) is 4.10. The number of alkyl halides is 2. The maximum Gasteiger partial charge on any atom is 0.248 e. The summed E-state index contributed by atoms with van der Waals surface area (Å²) in [6.45, 7) is 3.72. The smallest absolute Gasteiger partial charge is 0.248 e. The summed E-state index contributed by atoms with van der Waals surface area (Å²) in [5.41, 5.74) is 3.74. The fraction of sp³-hybridized carbons (Fsp3) is 0.385. The maximum absolute atomic E-state index is 12.0. The van der Waals surface area contributed by atoms with Gasteiger partial charge in [0.05, 0.1) is 14.4 Å². The number of carbonyl (C=O) groups excluding carboxylic acids is 1. The predicted octanol–water partition coefficient (Wildman–Crippen LogP) is 4.08. The molecular weight excluding hydrogens is 395 g/mol. The Morgan fingerprint density at radius 2 is 2.11 bits per heavy atom. The van der Waals surface area contributed by atoms with E-state index in [1.165, 1.54) is 0 Å². The molecule has 1 aromatic carbocycles. The van der Waals surface area contributed by atoms with E-state index in [1.54, 1.807) is 6.07 Å². The summed E-state index contributed by atoms with van der Waals surface area (Å²) in [6.07, 6.45) is 0.734. The van der Waals surface area contributed by atoms with Gasteiger partial charge in [-0.2, -0.15) is 5.10 Å². The van der Waals surface area contributed by atoms with E-state index in [-0.39, 0.29) is 9.14 Å². The van der Waals surface area contributed by atoms with Crippen LogP contribution in [0, 0.1) is 5.41 Å². The van der Waals surface area contributed by atoms with E-state index in [0.29, 0.717) is 5.02 Å². The molecule has 1 aliphatic rings. The SMILES string of the molecule is C/C(=N/NC(=O)[C@@]1(C)CC1(Br)Br)c1cccc(Cl)c1. The molecule has 0 spiro atoms. The van der Waals surface area contributed by atoms with Crippen LogP contribution in [0.15, 0.2) is 29.4 Å². The van der Waals surface area contributed by atoms with Gasteiger partial charge in [0.2, 0.25) is 5.91 Å². The minimum atomic E-state index is -0.467. The summed E-state index contributed by atoms with van der Waals surface area (Å²) in [7, 11) is 0. The van der Waals surface area contributed by atoms with E-state index in [2.05, 4.69) is 42.4 Å². The summed E-state index contributed by atoms with van der Waals surface area (Å²) in [5.74, 6) is -0.109. The van der Waals surface area contributed by atoms with Gasteiger partial charge in [0.25, 0.3) is 0 Å². The third kappa shape index (κ3) is 3.03. The Balaban J connectivity index is 2.06. The number of hydrogen-bond donors (Lipinski definition) is 1. The molecule has 0 saturated heterocycles. The fourth-order valence-electron chi connectivity index (χ4n) is 1.68. The monoisotopic (exact) mass is 406 g/mol. The molecule has 102 valence electrons. The maximum atomic E-state index is 12.0. The van der Waals surface area contributed by atoms with Crippen molar-refractivity contribution < 1.29 is 4.79 Å². The van der Waals surface area contributed by atoms with Crippen molar-refractivity contribution in [3.63, 3.8) is 0 Å². The van der Waals surface area contributed by atoms with Crippen LogP contribution in [0.2, 0.25) is 5.02 Å². The first kappa shape index (κ1) is 15.0. The molecule has 6 heteroatoms. The second-order valence-electron chi connectivity index (χ2n) is 4.86. The topological polar surface area (TPSA) is 41.5 Å². The van der Waals surface area contributed by atoms with Crippen LogP contribution in [0.25, 0.3) is 0 Å². The molecule has 1 aliphatic carbocycles. The highest BCUT2D eigenvalue weighted by atomic mass is 79.9. The summed E-state index contributed by atoms with van der Waals surface area (Å²) in [5, 5.41) is 4.77. The van der Waals surface area contributed by atoms with Crippen LogP contribution >= 0.6 is 43.5 Å². The summed E-state index contributed by atoms with van der Waals surface area (Å²) in [4.78, 5) is 12.0. The average molecular weight is 409 g/mol. The molecule has 0 aliphatic heterocycles. The first-order chi connectivity index (χ1) is 8.76. The van der Waals surface area contributed by atoms with Crippen molar-refractivity contribution >= 4 is 55.1 Å². The zero-order valence-electron chi connectivity index (χ0n) is 10.5. The van der Waals surface area contributed by atoms with Gasteiger partial charge >= 0.3 is 0 Å². The normalized spacial score (nSPS) is 25.0. The van der Waals surface area contributed by atoms with Gasteiger partial charge in [0, 0.05) is 5.02 Å². The van der Waals surface area contributed by atoms with Crippen molar-refractivity contribution in [2.24, 2.45) is 10.5 Å². The van der Waals surface area contributed by atoms with Gasteiger partial charge in [-0.05, 0) is 38.0 Å². The standard InChI is InChI=1S/C13H13Br2ClN2O/c1-8(9-4-3-5-10(16)6-9)17-18-11(19)12(2)7-13(12,14)15/h3-6H,7H2,1-2H3,(H,18,19)/b17-8-/t12-/m1/s1. The van der Waals surface area contributed by atoms with E-state index in [4.69, 9.17) is 11.6 Å². The molecule has 1 aromatic rings. The van der Waals surface area contributed by atoms with E-state index >= 15 is 0 Å². The minimum absolute atomic E-state index is 0.109. The molecule has 19 heavy (non-hydrogen) atoms. The van der Waals surface area contributed by atoms with E-state index in [9.17, 15) is 4.79 Å². The molecule has 1 atom stereocenters. The lowest BCUT2D eigenvalue weighted by molar-refractivity contribution is -0.125. The second-order valence-corrected chi connectivity index (χ2v) is 9.07. The van der Waals surface area contributed by atoms with Crippen LogP contribution in [0.4, 0.5) is 0 Å². The molecule has 0 radical (unpaired) electrons. The molecule has 1 N–H and O–H groups in total. The lowest BCUT2D eigenvalue weighted by Gasteiger charge is -2.10. The zero-order valence-corrected chi connectivity index (χ0v) is 14.4. The molecule has 1 amide bonds. The largest absolute Gasteiger partial charge is 0.272 e. The highest BCUT2D eigenvalue weighted by Crippen LogP contribution is 2.66. The first-order valence-electron chi connectivity index (χ1n) is 5.75. The number of carbonyl (C=O) groups is 1. The Bertz CT molecular complexity index is 559. The van der Waals surface area contributed by atoms with Crippen LogP contribution in [-0.2, 0) is 4.79 Å². The molecule has 0 aromatic heterocycles. The molecule has 1 fully saturated rings. The van der Waals surface area contributed by atoms with E-state index < -0.39 is 5.41 Å². The van der Waals surface area contributed by atoms with E-state index in [1.807, 2.05) is 32.0 Å². The highest BCUT2D eigenvalue weighted by Gasteiger charge is 2.66. The minimum Gasteiger partial charge on any atom is -0.272 e. The fourth-order valence-corrected chi connectivity index (χ4v) is 3.35. The predicted molar refractivity (Wildman–Crippen MR) is 85.1 cm³/mol. The molecule has 2 rings (SSSR count). The number of nitrogens with one attached hydrogen (secondary N) is 1. The summed E-state index contributed by atoms with van der Waals surface area (Å²) in [6, 6.07) is 7.36. The number of nitrogens with zero attached hydrogens (tertiary/aromatic N) is 1. The van der Waals surface area contributed by atoms with Crippen LogP contribution in [0.1, 0.15) is 25.8 Å². The summed E-state index contributed by atoms with van der Waals surface area (Å²) < 4.78 is -0.309. The first-order valence-corrected chi connectivity index (χ1v) is 7.71. The number of halogens is 3. The Morgan fingerprint density at radius 1 is 1.47 bits per heavy atom. The van der Waals surface area contributed by atoms with Gasteiger partial charge in [-0.25, -0.2) is 5.43 Å². The third-order valence-electron chi connectivity index (χ3n) is 3.33. The number of hydrazone groups is 1. The number of hydrogen-bond acceptors (Lipinski definition) is 2. The highest BCUT2D eigenvalue weighted by molar-refractivity contribution is 9.25. The molecular formula is C13H13Br2ClN2O. The summed E-state index contributed by atoms with van der Waals surface area (Å²) >= 11 is 12.8. The van der Waals surface area contributed by atoms with Crippen LogP contribution in [0.3, 0.4) is 0 Å². The number of amides is 1. The van der Waals surface area contributed by atoms with Gasteiger partial charge in [0.15, 0.2) is 0 Å². The lowest BCUT2D eigenvalue weighted by Crippen LogP contribution is -2.30. The van der Waals surface area contributed by atoms with Crippen LogP contribution < -0.4 is 5.43 Å². The number of rotatable bonds is 3. The molecule has 0 unspecified atom stereocenters. The van der Waals surface area contributed by atoms with Gasteiger partial charge in [-0.15, -0.1) is 0 Å². The van der Waals surface area contributed by atoms with Crippen molar-refractivity contribution in [3.8, 4) is 0 Å². The van der Waals surface area contributed by atoms with Crippen molar-refractivity contribution in [1.82, 2.24) is 5.43 Å². The third-order valence-corrected chi connectivity index (χ3v) is 5.87. The molecule has 1 saturated carbocycles. The van der Waals surface area contributed by atoms with Crippen LogP contribution in [0.5, 0.6) is 0 Å². The van der Waals surface area contributed by atoms with Crippen LogP contribution in [-0.4, -0.2) is 14.9 Å². The van der Waals surface area contributed by atoms with Crippen molar-refractivity contribution in [3.05, 3.63) is 34.9 Å². The van der Waals surface area contributed by atoms with Crippen molar-refractivity contribution in [2.75, 3.05) is 0 Å². The zero-order chi connectivity index (χ0) is 14.3. The Hall–Kier alpha value is -0.390. The molecule has 3 nitrogen and oxygen atoms in total. The van der Waals surface area contributed by atoms with Gasteiger partial charge in [-0.1, -0.05) is 55.6 Å². The quantitative estimate of drug-likeness (QED) is 0.457.